The minimum Gasteiger partial charge on any atom is -0.333 e. The number of carbonyl (C=O) groups is 1. The molecule has 0 saturated carbocycles. The van der Waals surface area contributed by atoms with Crippen molar-refractivity contribution in [1.82, 2.24) is 10.2 Å². The van der Waals surface area contributed by atoms with Crippen molar-refractivity contribution >= 4 is 24.0 Å². The molecule has 2 unspecified atom stereocenters. The lowest BCUT2D eigenvalue weighted by Crippen LogP contribution is -2.56. The number of halogens is 2. The van der Waals surface area contributed by atoms with Crippen LogP contribution in [0.3, 0.4) is 0 Å². The molecular formula is C13H17ClFN3O3. The van der Waals surface area contributed by atoms with Crippen molar-refractivity contribution in [3.05, 3.63) is 39.7 Å². The monoisotopic (exact) mass is 317 g/mol. The predicted octanol–water partition coefficient (Wildman–Crippen LogP) is 1.98. The molecular weight excluding hydrogens is 301 g/mol. The van der Waals surface area contributed by atoms with Gasteiger partial charge in [0.15, 0.2) is 0 Å². The summed E-state index contributed by atoms with van der Waals surface area (Å²) in [6.45, 7) is 4.94. The van der Waals surface area contributed by atoms with E-state index >= 15 is 0 Å². The highest BCUT2D eigenvalue weighted by molar-refractivity contribution is 5.95. The molecule has 2 rings (SSSR count). The van der Waals surface area contributed by atoms with E-state index < -0.39 is 16.6 Å². The number of nitro benzene ring substituents is 1. The molecule has 21 heavy (non-hydrogen) atoms. The number of rotatable bonds is 2. The van der Waals surface area contributed by atoms with Crippen LogP contribution in [0, 0.1) is 15.9 Å². The Kier molecular flexibility index (Phi) is 5.62. The SMILES string of the molecule is CC1CN(C(=O)c2ccc([N+](=O)[O-])cc2F)C(C)CN1.Cl. The molecule has 1 aliphatic rings. The molecule has 1 saturated heterocycles. The van der Waals surface area contributed by atoms with Crippen LogP contribution in [-0.4, -0.2) is 40.9 Å². The predicted molar refractivity (Wildman–Crippen MR) is 78.3 cm³/mol. The van der Waals surface area contributed by atoms with Crippen molar-refractivity contribution in [3.8, 4) is 0 Å². The summed E-state index contributed by atoms with van der Waals surface area (Å²) >= 11 is 0. The maximum atomic E-state index is 13.9. The number of benzene rings is 1. The Hall–Kier alpha value is -1.73. The standard InChI is InChI=1S/C13H16FN3O3.ClH/c1-8-7-16(9(2)6-15-8)13(18)11-4-3-10(17(19)20)5-12(11)14;/h3-5,8-9,15H,6-7H2,1-2H3;1H. The molecule has 2 atom stereocenters. The number of amides is 1. The fourth-order valence-corrected chi connectivity index (χ4v) is 2.25. The molecule has 1 aromatic carbocycles. The highest BCUT2D eigenvalue weighted by atomic mass is 35.5. The topological polar surface area (TPSA) is 75.5 Å². The molecule has 8 heteroatoms. The van der Waals surface area contributed by atoms with E-state index in [0.717, 1.165) is 12.1 Å². The van der Waals surface area contributed by atoms with Gasteiger partial charge in [-0.05, 0) is 19.9 Å². The molecule has 1 aromatic rings. The van der Waals surface area contributed by atoms with Gasteiger partial charge in [0.2, 0.25) is 0 Å². The normalized spacial score (nSPS) is 21.6. The van der Waals surface area contributed by atoms with Gasteiger partial charge in [-0.1, -0.05) is 0 Å². The van der Waals surface area contributed by atoms with Crippen LogP contribution in [0.5, 0.6) is 0 Å². The molecule has 1 aliphatic heterocycles. The van der Waals surface area contributed by atoms with E-state index in [1.165, 1.54) is 6.07 Å². The number of nitrogens with one attached hydrogen (secondary N) is 1. The summed E-state index contributed by atoms with van der Waals surface area (Å²) < 4.78 is 13.9. The van der Waals surface area contributed by atoms with Crippen LogP contribution < -0.4 is 5.32 Å². The van der Waals surface area contributed by atoms with Gasteiger partial charge in [0.1, 0.15) is 5.82 Å². The molecule has 6 nitrogen and oxygen atoms in total. The van der Waals surface area contributed by atoms with Crippen molar-refractivity contribution in [2.75, 3.05) is 13.1 Å². The van der Waals surface area contributed by atoms with Gasteiger partial charge in [-0.3, -0.25) is 14.9 Å². The number of piperazine rings is 1. The zero-order valence-electron chi connectivity index (χ0n) is 11.7. The number of carbonyl (C=O) groups excluding carboxylic acids is 1. The fraction of sp³-hybridized carbons (Fsp3) is 0.462. The second kappa shape index (κ2) is 6.82. The lowest BCUT2D eigenvalue weighted by Gasteiger charge is -2.37. The van der Waals surface area contributed by atoms with E-state index in [-0.39, 0.29) is 35.7 Å². The number of non-ortho nitro benzene ring substituents is 1. The van der Waals surface area contributed by atoms with E-state index in [1.54, 1.807) is 4.90 Å². The van der Waals surface area contributed by atoms with E-state index in [2.05, 4.69) is 5.32 Å². The maximum Gasteiger partial charge on any atom is 0.272 e. The Morgan fingerprint density at radius 2 is 2.14 bits per heavy atom. The number of hydrogen-bond donors (Lipinski definition) is 1. The average Bonchev–Trinajstić information content (AvgIpc) is 2.40. The summed E-state index contributed by atoms with van der Waals surface area (Å²) in [5.41, 5.74) is -0.489. The molecule has 0 radical (unpaired) electrons. The molecule has 0 bridgehead atoms. The summed E-state index contributed by atoms with van der Waals surface area (Å²) in [4.78, 5) is 23.8. The second-order valence-corrected chi connectivity index (χ2v) is 5.04. The Labute approximate surface area is 127 Å². The Balaban J connectivity index is 0.00000220. The van der Waals surface area contributed by atoms with Crippen LogP contribution >= 0.6 is 12.4 Å². The first kappa shape index (κ1) is 17.3. The van der Waals surface area contributed by atoms with Gasteiger partial charge in [-0.25, -0.2) is 4.39 Å². The Morgan fingerprint density at radius 3 is 2.71 bits per heavy atom. The first-order valence-corrected chi connectivity index (χ1v) is 6.38. The quantitative estimate of drug-likeness (QED) is 0.668. The molecule has 1 amide bonds. The molecule has 116 valence electrons. The minimum atomic E-state index is -0.859. The summed E-state index contributed by atoms with van der Waals surface area (Å²) in [6, 6.07) is 3.19. The molecule has 0 aliphatic carbocycles. The maximum absolute atomic E-state index is 13.9. The van der Waals surface area contributed by atoms with Crippen LogP contribution in [0.4, 0.5) is 10.1 Å². The van der Waals surface area contributed by atoms with Crippen LogP contribution in [0.15, 0.2) is 18.2 Å². The summed E-state index contributed by atoms with van der Waals surface area (Å²) in [6.07, 6.45) is 0. The van der Waals surface area contributed by atoms with Crippen molar-refractivity contribution in [2.45, 2.75) is 25.9 Å². The third kappa shape index (κ3) is 3.68. The first-order valence-electron chi connectivity index (χ1n) is 6.38. The highest BCUT2D eigenvalue weighted by Crippen LogP contribution is 2.20. The lowest BCUT2D eigenvalue weighted by molar-refractivity contribution is -0.385. The first-order chi connectivity index (χ1) is 9.40. The van der Waals surface area contributed by atoms with Gasteiger partial charge >= 0.3 is 0 Å². The number of nitrogens with zero attached hydrogens (tertiary/aromatic N) is 2. The van der Waals surface area contributed by atoms with Gasteiger partial charge in [0.25, 0.3) is 11.6 Å². The van der Waals surface area contributed by atoms with Gasteiger partial charge in [0, 0.05) is 31.2 Å². The molecule has 0 aromatic heterocycles. The Bertz CT molecular complexity index is 555. The lowest BCUT2D eigenvalue weighted by atomic mass is 10.1. The van der Waals surface area contributed by atoms with E-state index in [9.17, 15) is 19.3 Å². The van der Waals surface area contributed by atoms with Crippen molar-refractivity contribution in [2.24, 2.45) is 0 Å². The largest absolute Gasteiger partial charge is 0.333 e. The number of nitro groups is 1. The van der Waals surface area contributed by atoms with E-state index in [4.69, 9.17) is 0 Å². The second-order valence-electron chi connectivity index (χ2n) is 5.04. The van der Waals surface area contributed by atoms with Crippen LogP contribution in [-0.2, 0) is 0 Å². The van der Waals surface area contributed by atoms with Crippen molar-refractivity contribution in [1.29, 1.82) is 0 Å². The zero-order valence-corrected chi connectivity index (χ0v) is 12.5. The third-order valence-corrected chi connectivity index (χ3v) is 3.42. The summed E-state index contributed by atoms with van der Waals surface area (Å²) in [5.74, 6) is -1.29. The van der Waals surface area contributed by atoms with Crippen molar-refractivity contribution < 1.29 is 14.1 Å². The van der Waals surface area contributed by atoms with Crippen LogP contribution in [0.2, 0.25) is 0 Å². The molecule has 1 N–H and O–H groups in total. The molecule has 1 heterocycles. The minimum absolute atomic E-state index is 0. The van der Waals surface area contributed by atoms with Gasteiger partial charge < -0.3 is 10.2 Å². The summed E-state index contributed by atoms with van der Waals surface area (Å²) in [5, 5.41) is 13.8. The van der Waals surface area contributed by atoms with Crippen LogP contribution in [0.25, 0.3) is 0 Å². The third-order valence-electron chi connectivity index (χ3n) is 3.42. The summed E-state index contributed by atoms with van der Waals surface area (Å²) in [7, 11) is 0. The van der Waals surface area contributed by atoms with Gasteiger partial charge in [-0.2, -0.15) is 0 Å². The molecule has 1 fully saturated rings. The number of hydrogen-bond acceptors (Lipinski definition) is 4. The van der Waals surface area contributed by atoms with Crippen LogP contribution in [0.1, 0.15) is 24.2 Å². The Morgan fingerprint density at radius 1 is 1.48 bits per heavy atom. The fourth-order valence-electron chi connectivity index (χ4n) is 2.25. The van der Waals surface area contributed by atoms with E-state index in [1.807, 2.05) is 13.8 Å². The smallest absolute Gasteiger partial charge is 0.272 e. The van der Waals surface area contributed by atoms with Gasteiger partial charge in [-0.15, -0.1) is 12.4 Å². The zero-order chi connectivity index (χ0) is 14.9. The highest BCUT2D eigenvalue weighted by Gasteiger charge is 2.29. The van der Waals surface area contributed by atoms with Crippen molar-refractivity contribution in [3.63, 3.8) is 0 Å². The van der Waals surface area contributed by atoms with E-state index in [0.29, 0.717) is 13.1 Å². The average molecular weight is 318 g/mol. The molecule has 0 spiro atoms. The van der Waals surface area contributed by atoms with Gasteiger partial charge in [0.05, 0.1) is 16.6 Å².